The molecule has 1 N–H and O–H groups in total. The van der Waals surface area contributed by atoms with Gasteiger partial charge in [-0.25, -0.2) is 4.79 Å². The van der Waals surface area contributed by atoms with E-state index >= 15 is 0 Å². The van der Waals surface area contributed by atoms with E-state index in [-0.39, 0.29) is 0 Å². The monoisotopic (exact) mass is 142 g/mol. The number of rotatable bonds is 1. The van der Waals surface area contributed by atoms with Gasteiger partial charge in [-0.15, -0.1) is 0 Å². The van der Waals surface area contributed by atoms with Gasteiger partial charge in [0.25, 0.3) is 0 Å². The van der Waals surface area contributed by atoms with Gasteiger partial charge in [-0.05, 0) is 19.3 Å². The molecule has 56 valence electrons. The first kappa shape index (κ1) is 6.16. The van der Waals surface area contributed by atoms with Crippen molar-refractivity contribution in [3.8, 4) is 0 Å². The van der Waals surface area contributed by atoms with Gasteiger partial charge in [0.05, 0.1) is 0 Å². The maximum Gasteiger partial charge on any atom is 0.336 e. The van der Waals surface area contributed by atoms with Crippen LogP contribution in [0.1, 0.15) is 19.3 Å². The fourth-order valence-electron chi connectivity index (χ4n) is 1.73. The number of carboxylic acids is 1. The van der Waals surface area contributed by atoms with E-state index in [0.29, 0.717) is 12.5 Å². The summed E-state index contributed by atoms with van der Waals surface area (Å²) in [6.45, 7) is 0.628. The van der Waals surface area contributed by atoms with Crippen LogP contribution >= 0.6 is 0 Å². The standard InChI is InChI=1S/C7H10O3/c8-6(9)7-4-5(7)2-1-3-10-7/h5H,1-4H2,(H,8,9). The summed E-state index contributed by atoms with van der Waals surface area (Å²) < 4.78 is 5.20. The highest BCUT2D eigenvalue weighted by molar-refractivity contribution is 5.82. The van der Waals surface area contributed by atoms with E-state index in [0.717, 1.165) is 19.3 Å². The molecule has 3 heteroatoms. The minimum Gasteiger partial charge on any atom is -0.479 e. The van der Waals surface area contributed by atoms with E-state index in [9.17, 15) is 4.79 Å². The van der Waals surface area contributed by atoms with Crippen molar-refractivity contribution in [2.24, 2.45) is 5.92 Å². The summed E-state index contributed by atoms with van der Waals surface area (Å²) in [5, 5.41) is 8.71. The second-order valence-corrected chi connectivity index (χ2v) is 3.09. The molecule has 2 unspecified atom stereocenters. The molecule has 2 fully saturated rings. The van der Waals surface area contributed by atoms with Gasteiger partial charge in [-0.2, -0.15) is 0 Å². The molecule has 2 atom stereocenters. The highest BCUT2D eigenvalue weighted by Gasteiger charge is 2.62. The van der Waals surface area contributed by atoms with Crippen LogP contribution in [-0.4, -0.2) is 23.3 Å². The number of fused-ring (bicyclic) bond motifs is 1. The predicted octanol–water partition coefficient (Wildman–Crippen LogP) is 0.640. The average molecular weight is 142 g/mol. The third kappa shape index (κ3) is 0.611. The number of hydrogen-bond acceptors (Lipinski definition) is 2. The normalized spacial score (nSPS) is 44.2. The second-order valence-electron chi connectivity index (χ2n) is 3.09. The van der Waals surface area contributed by atoms with E-state index in [1.54, 1.807) is 0 Å². The molecule has 0 aromatic carbocycles. The Labute approximate surface area is 59.0 Å². The first-order chi connectivity index (χ1) is 4.76. The zero-order valence-electron chi connectivity index (χ0n) is 5.67. The Morgan fingerprint density at radius 2 is 2.50 bits per heavy atom. The molecule has 1 aliphatic heterocycles. The topological polar surface area (TPSA) is 46.5 Å². The van der Waals surface area contributed by atoms with Crippen LogP contribution in [0.3, 0.4) is 0 Å². The van der Waals surface area contributed by atoms with Gasteiger partial charge in [0.2, 0.25) is 0 Å². The maximum atomic E-state index is 10.6. The van der Waals surface area contributed by atoms with Gasteiger partial charge < -0.3 is 9.84 Å². The number of ether oxygens (including phenoxy) is 1. The van der Waals surface area contributed by atoms with Gasteiger partial charge in [0, 0.05) is 12.5 Å². The van der Waals surface area contributed by atoms with Crippen LogP contribution in [0.2, 0.25) is 0 Å². The molecule has 1 heterocycles. The van der Waals surface area contributed by atoms with E-state index in [1.807, 2.05) is 0 Å². The van der Waals surface area contributed by atoms with Gasteiger partial charge >= 0.3 is 5.97 Å². The second kappa shape index (κ2) is 1.72. The molecule has 0 aromatic rings. The summed E-state index contributed by atoms with van der Waals surface area (Å²) in [4.78, 5) is 10.6. The number of aliphatic carboxylic acids is 1. The zero-order valence-corrected chi connectivity index (χ0v) is 5.67. The molecule has 1 saturated heterocycles. The van der Waals surface area contributed by atoms with Crippen LogP contribution in [0.5, 0.6) is 0 Å². The van der Waals surface area contributed by atoms with E-state index < -0.39 is 11.6 Å². The van der Waals surface area contributed by atoms with Crippen molar-refractivity contribution in [1.82, 2.24) is 0 Å². The lowest BCUT2D eigenvalue weighted by atomic mass is 10.1. The maximum absolute atomic E-state index is 10.6. The number of hydrogen-bond donors (Lipinski definition) is 1. The Kier molecular flexibility index (Phi) is 1.06. The molecule has 0 bridgehead atoms. The van der Waals surface area contributed by atoms with Crippen LogP contribution in [0, 0.1) is 5.92 Å². The Bertz CT molecular complexity index is 178. The van der Waals surface area contributed by atoms with E-state index in [1.165, 1.54) is 0 Å². The van der Waals surface area contributed by atoms with Crippen LogP contribution in [0.4, 0.5) is 0 Å². The van der Waals surface area contributed by atoms with E-state index in [2.05, 4.69) is 0 Å². The Morgan fingerprint density at radius 1 is 1.70 bits per heavy atom. The Morgan fingerprint density at radius 3 is 3.00 bits per heavy atom. The van der Waals surface area contributed by atoms with Gasteiger partial charge in [0.1, 0.15) is 0 Å². The SMILES string of the molecule is O=C(O)C12CC1CCCO2. The number of carboxylic acid groups (broad SMARTS) is 1. The summed E-state index contributed by atoms with van der Waals surface area (Å²) in [5.74, 6) is -0.448. The predicted molar refractivity (Wildman–Crippen MR) is 33.7 cm³/mol. The van der Waals surface area contributed by atoms with Crippen molar-refractivity contribution in [2.75, 3.05) is 6.61 Å². The average Bonchev–Trinajstić information content (AvgIpc) is 2.61. The smallest absolute Gasteiger partial charge is 0.336 e. The van der Waals surface area contributed by atoms with E-state index in [4.69, 9.17) is 9.84 Å². The molecule has 2 aliphatic rings. The summed E-state index contributed by atoms with van der Waals surface area (Å²) in [6, 6.07) is 0. The van der Waals surface area contributed by atoms with Crippen molar-refractivity contribution in [1.29, 1.82) is 0 Å². The molecular formula is C7H10O3. The van der Waals surface area contributed by atoms with Crippen molar-refractivity contribution in [3.05, 3.63) is 0 Å². The van der Waals surface area contributed by atoms with Crippen LogP contribution in [0.15, 0.2) is 0 Å². The molecule has 1 saturated carbocycles. The zero-order chi connectivity index (χ0) is 7.19. The first-order valence-electron chi connectivity index (χ1n) is 3.63. The molecule has 10 heavy (non-hydrogen) atoms. The highest BCUT2D eigenvalue weighted by Crippen LogP contribution is 2.52. The largest absolute Gasteiger partial charge is 0.479 e. The van der Waals surface area contributed by atoms with Crippen LogP contribution in [0.25, 0.3) is 0 Å². The molecule has 1 aliphatic carbocycles. The molecule has 2 rings (SSSR count). The summed E-state index contributed by atoms with van der Waals surface area (Å²) in [5.41, 5.74) is -0.738. The van der Waals surface area contributed by atoms with Gasteiger partial charge in [-0.1, -0.05) is 0 Å². The lowest BCUT2D eigenvalue weighted by molar-refractivity contribution is -0.157. The van der Waals surface area contributed by atoms with Crippen molar-refractivity contribution in [3.63, 3.8) is 0 Å². The minimum atomic E-state index is -0.766. The fraction of sp³-hybridized carbons (Fsp3) is 0.857. The molecule has 0 spiro atoms. The Balaban J connectivity index is 2.12. The summed E-state index contributed by atoms with van der Waals surface area (Å²) in [6.07, 6.45) is 2.80. The summed E-state index contributed by atoms with van der Waals surface area (Å²) >= 11 is 0. The van der Waals surface area contributed by atoms with Crippen molar-refractivity contribution >= 4 is 5.97 Å². The minimum absolute atomic E-state index is 0.318. The molecule has 0 radical (unpaired) electrons. The molecular weight excluding hydrogens is 132 g/mol. The fourth-order valence-corrected chi connectivity index (χ4v) is 1.73. The van der Waals surface area contributed by atoms with Gasteiger partial charge in [-0.3, -0.25) is 0 Å². The van der Waals surface area contributed by atoms with Crippen molar-refractivity contribution < 1.29 is 14.6 Å². The Hall–Kier alpha value is -0.570. The lowest BCUT2D eigenvalue weighted by Crippen LogP contribution is -2.31. The van der Waals surface area contributed by atoms with Gasteiger partial charge in [0.15, 0.2) is 5.60 Å². The molecule has 0 aromatic heterocycles. The quantitative estimate of drug-likeness (QED) is 0.584. The summed E-state index contributed by atoms with van der Waals surface area (Å²) in [7, 11) is 0. The number of carbonyl (C=O) groups is 1. The van der Waals surface area contributed by atoms with Crippen molar-refractivity contribution in [2.45, 2.75) is 24.9 Å². The highest BCUT2D eigenvalue weighted by atomic mass is 16.5. The third-order valence-electron chi connectivity index (χ3n) is 2.47. The first-order valence-corrected chi connectivity index (χ1v) is 3.63. The molecule has 3 nitrogen and oxygen atoms in total. The third-order valence-corrected chi connectivity index (χ3v) is 2.47. The van der Waals surface area contributed by atoms with Crippen LogP contribution < -0.4 is 0 Å². The molecule has 0 amide bonds. The van der Waals surface area contributed by atoms with Crippen LogP contribution in [-0.2, 0) is 9.53 Å². The lowest BCUT2D eigenvalue weighted by Gasteiger charge is -2.17.